The molecular formula is C18H19FN2O4. The second kappa shape index (κ2) is 8.76. The van der Waals surface area contributed by atoms with Crippen molar-refractivity contribution >= 4 is 5.69 Å². The maximum Gasteiger partial charge on any atom is 0.203 e. The molecule has 25 heavy (non-hydrogen) atoms. The molecule has 2 rings (SSSR count). The molecule has 0 radical (unpaired) electrons. The van der Waals surface area contributed by atoms with E-state index in [0.717, 1.165) is 6.07 Å². The number of anilines is 1. The average molecular weight is 346 g/mol. The summed E-state index contributed by atoms with van der Waals surface area (Å²) in [6.07, 6.45) is -0.898. The summed E-state index contributed by atoms with van der Waals surface area (Å²) in [4.78, 5) is 0. The van der Waals surface area contributed by atoms with Gasteiger partial charge in [-0.25, -0.2) is 4.39 Å². The van der Waals surface area contributed by atoms with Crippen molar-refractivity contribution in [2.45, 2.75) is 6.10 Å². The van der Waals surface area contributed by atoms with Gasteiger partial charge in [-0.05, 0) is 30.3 Å². The number of hydrogen-bond acceptors (Lipinski definition) is 6. The molecule has 0 saturated carbocycles. The van der Waals surface area contributed by atoms with E-state index in [1.165, 1.54) is 26.4 Å². The smallest absolute Gasteiger partial charge is 0.203 e. The Labute approximate surface area is 145 Å². The first-order valence-corrected chi connectivity index (χ1v) is 7.54. The van der Waals surface area contributed by atoms with Gasteiger partial charge in [0, 0.05) is 6.54 Å². The minimum Gasteiger partial charge on any atom is -0.493 e. The van der Waals surface area contributed by atoms with E-state index in [-0.39, 0.29) is 24.4 Å². The number of rotatable bonds is 8. The van der Waals surface area contributed by atoms with Crippen LogP contribution in [0.2, 0.25) is 0 Å². The van der Waals surface area contributed by atoms with Gasteiger partial charge in [0.15, 0.2) is 11.5 Å². The minimum atomic E-state index is -0.898. The lowest BCUT2D eigenvalue weighted by atomic mass is 10.2. The number of nitriles is 1. The molecule has 132 valence electrons. The number of benzene rings is 2. The summed E-state index contributed by atoms with van der Waals surface area (Å²) in [5.41, 5.74) is 0.433. The topological polar surface area (TPSA) is 83.7 Å². The Morgan fingerprint density at radius 2 is 1.88 bits per heavy atom. The molecule has 6 nitrogen and oxygen atoms in total. The van der Waals surface area contributed by atoms with Gasteiger partial charge in [-0.1, -0.05) is 6.07 Å². The van der Waals surface area contributed by atoms with Gasteiger partial charge in [0.25, 0.3) is 0 Å². The van der Waals surface area contributed by atoms with Gasteiger partial charge in [0.2, 0.25) is 5.75 Å². The van der Waals surface area contributed by atoms with E-state index in [1.54, 1.807) is 18.2 Å². The predicted octanol–water partition coefficient (Wildman–Crippen LogP) is 2.57. The fourth-order valence-electron chi connectivity index (χ4n) is 2.15. The van der Waals surface area contributed by atoms with E-state index >= 15 is 0 Å². The maximum absolute atomic E-state index is 13.8. The van der Waals surface area contributed by atoms with Crippen molar-refractivity contribution in [3.05, 3.63) is 47.8 Å². The summed E-state index contributed by atoms with van der Waals surface area (Å²) < 4.78 is 29.8. The quantitative estimate of drug-likeness (QED) is 0.764. The van der Waals surface area contributed by atoms with Gasteiger partial charge in [-0.15, -0.1) is 0 Å². The number of nitrogens with one attached hydrogen (secondary N) is 1. The van der Waals surface area contributed by atoms with Gasteiger partial charge in [0.1, 0.15) is 18.5 Å². The molecule has 0 bridgehead atoms. The highest BCUT2D eigenvalue weighted by atomic mass is 19.1. The average Bonchev–Trinajstić information content (AvgIpc) is 2.64. The zero-order valence-electron chi connectivity index (χ0n) is 14.0. The molecule has 0 saturated heterocycles. The van der Waals surface area contributed by atoms with Crippen LogP contribution in [0.15, 0.2) is 36.4 Å². The van der Waals surface area contributed by atoms with Crippen LogP contribution in [-0.4, -0.2) is 38.6 Å². The summed E-state index contributed by atoms with van der Waals surface area (Å²) in [7, 11) is 3.01. The molecule has 0 spiro atoms. The zero-order chi connectivity index (χ0) is 18.2. The van der Waals surface area contributed by atoms with Crippen LogP contribution >= 0.6 is 0 Å². The second-order valence-corrected chi connectivity index (χ2v) is 5.14. The highest BCUT2D eigenvalue weighted by Crippen LogP contribution is 2.36. The Kier molecular flexibility index (Phi) is 6.43. The first-order valence-electron chi connectivity index (χ1n) is 7.54. The Hall–Kier alpha value is -2.98. The maximum atomic E-state index is 13.8. The molecule has 7 heteroatoms. The first-order chi connectivity index (χ1) is 12.1. The Bertz CT molecular complexity index is 739. The third kappa shape index (κ3) is 4.75. The predicted molar refractivity (Wildman–Crippen MR) is 90.7 cm³/mol. The van der Waals surface area contributed by atoms with Gasteiger partial charge in [-0.3, -0.25) is 0 Å². The fraction of sp³-hybridized carbons (Fsp3) is 0.278. The molecule has 0 aliphatic heterocycles. The van der Waals surface area contributed by atoms with Crippen molar-refractivity contribution in [3.63, 3.8) is 0 Å². The Balaban J connectivity index is 1.94. The van der Waals surface area contributed by atoms with Crippen molar-refractivity contribution in [1.29, 1.82) is 5.26 Å². The second-order valence-electron chi connectivity index (χ2n) is 5.14. The van der Waals surface area contributed by atoms with E-state index in [0.29, 0.717) is 17.2 Å². The summed E-state index contributed by atoms with van der Waals surface area (Å²) in [5, 5.41) is 21.5. The SMILES string of the molecule is COc1cccc(OC)c1OC[C@@H](O)CNc1ccc(C#N)cc1F. The molecule has 0 fully saturated rings. The van der Waals surface area contributed by atoms with Crippen molar-refractivity contribution in [1.82, 2.24) is 0 Å². The lowest BCUT2D eigenvalue weighted by Gasteiger charge is -2.17. The van der Waals surface area contributed by atoms with Crippen LogP contribution in [0.4, 0.5) is 10.1 Å². The molecule has 2 aromatic carbocycles. The van der Waals surface area contributed by atoms with E-state index < -0.39 is 11.9 Å². The van der Waals surface area contributed by atoms with Crippen LogP contribution in [0.25, 0.3) is 0 Å². The molecule has 0 aromatic heterocycles. The highest BCUT2D eigenvalue weighted by Gasteiger charge is 2.14. The third-order valence-electron chi connectivity index (χ3n) is 3.43. The van der Waals surface area contributed by atoms with Crippen LogP contribution in [0.3, 0.4) is 0 Å². The van der Waals surface area contributed by atoms with E-state index in [2.05, 4.69) is 5.32 Å². The van der Waals surface area contributed by atoms with Gasteiger partial charge in [-0.2, -0.15) is 5.26 Å². The van der Waals surface area contributed by atoms with Crippen molar-refractivity contribution in [2.75, 3.05) is 32.7 Å². The first kappa shape index (κ1) is 18.4. The van der Waals surface area contributed by atoms with E-state index in [9.17, 15) is 9.50 Å². The van der Waals surface area contributed by atoms with Crippen LogP contribution in [0, 0.1) is 17.1 Å². The molecule has 1 atom stereocenters. The standard InChI is InChI=1S/C18H19FN2O4/c1-23-16-4-3-5-17(24-2)18(16)25-11-13(22)10-21-15-7-6-12(9-20)8-14(15)19/h3-8,13,21-22H,10-11H2,1-2H3/t13-/m0/s1. The summed E-state index contributed by atoms with van der Waals surface area (Å²) >= 11 is 0. The molecule has 0 heterocycles. The molecule has 0 aliphatic carbocycles. The number of ether oxygens (including phenoxy) is 3. The van der Waals surface area contributed by atoms with Crippen molar-refractivity contribution < 1.29 is 23.7 Å². The van der Waals surface area contributed by atoms with Crippen LogP contribution in [0.5, 0.6) is 17.2 Å². The molecular weight excluding hydrogens is 327 g/mol. The van der Waals surface area contributed by atoms with E-state index in [1.807, 2.05) is 6.07 Å². The number of aliphatic hydroxyl groups excluding tert-OH is 1. The minimum absolute atomic E-state index is 0.0400. The molecule has 2 aromatic rings. The van der Waals surface area contributed by atoms with Crippen molar-refractivity contribution in [2.24, 2.45) is 0 Å². The lowest BCUT2D eigenvalue weighted by Crippen LogP contribution is -2.26. The summed E-state index contributed by atoms with van der Waals surface area (Å²) in [6, 6.07) is 11.1. The van der Waals surface area contributed by atoms with E-state index in [4.69, 9.17) is 19.5 Å². The lowest BCUT2D eigenvalue weighted by molar-refractivity contribution is 0.113. The number of hydrogen-bond donors (Lipinski definition) is 2. The van der Waals surface area contributed by atoms with Crippen molar-refractivity contribution in [3.8, 4) is 23.3 Å². The summed E-state index contributed by atoms with van der Waals surface area (Å²) in [6.45, 7) is 0.0297. The largest absolute Gasteiger partial charge is 0.493 e. The third-order valence-corrected chi connectivity index (χ3v) is 3.43. The van der Waals surface area contributed by atoms with Crippen LogP contribution in [-0.2, 0) is 0 Å². The highest BCUT2D eigenvalue weighted by molar-refractivity contribution is 5.51. The van der Waals surface area contributed by atoms with Gasteiger partial charge in [0.05, 0.1) is 31.5 Å². The molecule has 0 amide bonds. The number of halogens is 1. The number of aliphatic hydroxyl groups is 1. The van der Waals surface area contributed by atoms with Crippen LogP contribution in [0.1, 0.15) is 5.56 Å². The Morgan fingerprint density at radius 1 is 1.20 bits per heavy atom. The molecule has 0 aliphatic rings. The summed E-state index contributed by atoms with van der Waals surface area (Å²) in [5.74, 6) is 0.796. The zero-order valence-corrected chi connectivity index (χ0v) is 14.0. The fourth-order valence-corrected chi connectivity index (χ4v) is 2.15. The number of para-hydroxylation sites is 1. The number of nitrogens with zero attached hydrogens (tertiary/aromatic N) is 1. The molecule has 2 N–H and O–H groups in total. The van der Waals surface area contributed by atoms with Gasteiger partial charge < -0.3 is 24.6 Å². The monoisotopic (exact) mass is 346 g/mol. The van der Waals surface area contributed by atoms with Gasteiger partial charge >= 0.3 is 0 Å². The molecule has 0 unspecified atom stereocenters. The van der Waals surface area contributed by atoms with Crippen LogP contribution < -0.4 is 19.5 Å². The number of methoxy groups -OCH3 is 2. The Morgan fingerprint density at radius 3 is 2.44 bits per heavy atom. The normalized spacial score (nSPS) is 11.3.